The summed E-state index contributed by atoms with van der Waals surface area (Å²) < 4.78 is 54.9. The van der Waals surface area contributed by atoms with E-state index >= 15 is 0 Å². The average Bonchev–Trinajstić information content (AvgIpc) is 3.32. The zero-order valence-corrected chi connectivity index (χ0v) is 18.4. The largest absolute Gasteiger partial charge is 0.452 e. The van der Waals surface area contributed by atoms with E-state index in [0.29, 0.717) is 19.3 Å². The topological polar surface area (TPSA) is 127 Å². The quantitative estimate of drug-likeness (QED) is 0.603. The SMILES string of the molecule is C[C@H](OC(=O)C1CCN(S(=O)(=O)c2cccs2)CC1)C(=O)N[C@@H]1CCS(=O)(=O)C1. The van der Waals surface area contributed by atoms with Gasteiger partial charge in [-0.05, 0) is 37.6 Å². The molecule has 0 bridgehead atoms. The van der Waals surface area contributed by atoms with Gasteiger partial charge in [-0.15, -0.1) is 11.3 Å². The molecule has 3 heterocycles. The zero-order chi connectivity index (χ0) is 21.2. The van der Waals surface area contributed by atoms with Crippen molar-refractivity contribution in [3.05, 3.63) is 17.5 Å². The van der Waals surface area contributed by atoms with Crippen molar-refractivity contribution in [2.24, 2.45) is 5.92 Å². The van der Waals surface area contributed by atoms with E-state index < -0.39 is 49.8 Å². The molecular weight excluding hydrogens is 440 g/mol. The second-order valence-corrected chi connectivity index (χ2v) is 12.6. The van der Waals surface area contributed by atoms with E-state index in [4.69, 9.17) is 4.74 Å². The lowest BCUT2D eigenvalue weighted by Crippen LogP contribution is -2.44. The number of carbonyl (C=O) groups is 2. The minimum atomic E-state index is -3.54. The normalized spacial score (nSPS) is 24.1. The Morgan fingerprint density at radius 3 is 2.52 bits per heavy atom. The third-order valence-electron chi connectivity index (χ3n) is 5.12. The molecule has 3 rings (SSSR count). The van der Waals surface area contributed by atoms with Gasteiger partial charge in [0.05, 0.1) is 17.4 Å². The van der Waals surface area contributed by atoms with Gasteiger partial charge in [0, 0.05) is 19.1 Å². The summed E-state index contributed by atoms with van der Waals surface area (Å²) in [4.78, 5) is 24.5. The maximum absolute atomic E-state index is 12.5. The fourth-order valence-electron chi connectivity index (χ4n) is 3.42. The van der Waals surface area contributed by atoms with Gasteiger partial charge in [-0.25, -0.2) is 16.8 Å². The van der Waals surface area contributed by atoms with Gasteiger partial charge in [-0.1, -0.05) is 6.07 Å². The van der Waals surface area contributed by atoms with Crippen molar-refractivity contribution in [3.8, 4) is 0 Å². The lowest BCUT2D eigenvalue weighted by atomic mass is 9.98. The maximum atomic E-state index is 12.5. The van der Waals surface area contributed by atoms with E-state index in [0.717, 1.165) is 11.3 Å². The predicted octanol–water partition coefficient (Wildman–Crippen LogP) is 0.384. The molecule has 2 aliphatic heterocycles. The Morgan fingerprint density at radius 2 is 1.97 bits per heavy atom. The summed E-state index contributed by atoms with van der Waals surface area (Å²) in [5.74, 6) is -1.61. The van der Waals surface area contributed by atoms with Crippen LogP contribution in [0.4, 0.5) is 0 Å². The molecule has 2 saturated heterocycles. The van der Waals surface area contributed by atoms with Crippen LogP contribution in [0.3, 0.4) is 0 Å². The van der Waals surface area contributed by atoms with Crippen molar-refractivity contribution in [1.82, 2.24) is 9.62 Å². The van der Waals surface area contributed by atoms with E-state index in [1.54, 1.807) is 17.5 Å². The smallest absolute Gasteiger partial charge is 0.309 e. The highest BCUT2D eigenvalue weighted by atomic mass is 32.2. The standard InChI is InChI=1S/C17H24N2O7S3/c1-12(16(20)18-14-6-10-28(22,23)11-14)26-17(21)13-4-7-19(8-5-13)29(24,25)15-3-2-9-27-15/h2-3,9,12-14H,4-8,10-11H2,1H3,(H,18,20)/t12-,14+/m0/s1. The Hall–Kier alpha value is -1.50. The summed E-state index contributed by atoms with van der Waals surface area (Å²) in [5.41, 5.74) is 0. The molecule has 2 fully saturated rings. The second kappa shape index (κ2) is 8.70. The van der Waals surface area contributed by atoms with Crippen LogP contribution < -0.4 is 5.32 Å². The van der Waals surface area contributed by atoms with Crippen molar-refractivity contribution >= 4 is 43.1 Å². The van der Waals surface area contributed by atoms with Crippen molar-refractivity contribution < 1.29 is 31.2 Å². The van der Waals surface area contributed by atoms with Crippen LogP contribution in [0.1, 0.15) is 26.2 Å². The van der Waals surface area contributed by atoms with E-state index in [2.05, 4.69) is 5.32 Å². The van der Waals surface area contributed by atoms with Crippen molar-refractivity contribution in [2.45, 2.75) is 42.5 Å². The van der Waals surface area contributed by atoms with Gasteiger partial charge in [0.25, 0.3) is 15.9 Å². The van der Waals surface area contributed by atoms with Crippen LogP contribution in [0.25, 0.3) is 0 Å². The highest BCUT2D eigenvalue weighted by Gasteiger charge is 2.35. The molecule has 0 spiro atoms. The third-order valence-corrected chi connectivity index (χ3v) is 10.2. The monoisotopic (exact) mass is 464 g/mol. The van der Waals surface area contributed by atoms with Gasteiger partial charge in [-0.2, -0.15) is 4.31 Å². The number of ether oxygens (including phenoxy) is 1. The Balaban J connectivity index is 1.47. The number of esters is 1. The number of sulfonamides is 1. The summed E-state index contributed by atoms with van der Waals surface area (Å²) in [6.07, 6.45) is -0.0536. The molecule has 9 nitrogen and oxygen atoms in total. The molecule has 0 aliphatic carbocycles. The minimum Gasteiger partial charge on any atom is -0.452 e. The lowest BCUT2D eigenvalue weighted by molar-refractivity contribution is -0.160. The van der Waals surface area contributed by atoms with Gasteiger partial charge in [0.15, 0.2) is 15.9 Å². The summed E-state index contributed by atoms with van der Waals surface area (Å²) in [5, 5.41) is 4.30. The third kappa shape index (κ3) is 5.36. The Labute approximate surface area is 174 Å². The van der Waals surface area contributed by atoms with Gasteiger partial charge < -0.3 is 10.1 Å². The van der Waals surface area contributed by atoms with Crippen LogP contribution in [0.5, 0.6) is 0 Å². The second-order valence-electron chi connectivity index (χ2n) is 7.30. The number of nitrogens with one attached hydrogen (secondary N) is 1. The van der Waals surface area contributed by atoms with Gasteiger partial charge >= 0.3 is 5.97 Å². The van der Waals surface area contributed by atoms with E-state index in [9.17, 15) is 26.4 Å². The van der Waals surface area contributed by atoms with Crippen LogP contribution in [-0.4, -0.2) is 69.8 Å². The average molecular weight is 465 g/mol. The van der Waals surface area contributed by atoms with E-state index in [1.807, 2.05) is 0 Å². The molecule has 0 radical (unpaired) electrons. The highest BCUT2D eigenvalue weighted by molar-refractivity contribution is 7.91. The molecule has 0 saturated carbocycles. The van der Waals surface area contributed by atoms with E-state index in [1.165, 1.54) is 11.2 Å². The van der Waals surface area contributed by atoms with Crippen molar-refractivity contribution in [3.63, 3.8) is 0 Å². The van der Waals surface area contributed by atoms with Gasteiger partial charge in [0.1, 0.15) is 4.21 Å². The van der Waals surface area contributed by atoms with Crippen LogP contribution in [0, 0.1) is 5.92 Å². The number of carbonyl (C=O) groups excluding carboxylic acids is 2. The van der Waals surface area contributed by atoms with Crippen LogP contribution >= 0.6 is 11.3 Å². The number of sulfone groups is 1. The first kappa shape index (κ1) is 22.2. The molecule has 2 aliphatic rings. The number of thiophene rings is 1. The molecule has 1 N–H and O–H groups in total. The van der Waals surface area contributed by atoms with Crippen LogP contribution in [-0.2, 0) is 34.2 Å². The predicted molar refractivity (Wildman–Crippen MR) is 107 cm³/mol. The fourth-order valence-corrected chi connectivity index (χ4v) is 7.71. The summed E-state index contributed by atoms with van der Waals surface area (Å²) in [6, 6.07) is 2.77. The molecule has 29 heavy (non-hydrogen) atoms. The minimum absolute atomic E-state index is 0.0407. The summed E-state index contributed by atoms with van der Waals surface area (Å²) in [6.45, 7) is 1.86. The molecule has 0 aromatic carbocycles. The number of hydrogen-bond acceptors (Lipinski definition) is 8. The number of hydrogen-bond donors (Lipinski definition) is 1. The molecule has 12 heteroatoms. The maximum Gasteiger partial charge on any atom is 0.309 e. The first-order chi connectivity index (χ1) is 13.6. The molecule has 0 unspecified atom stereocenters. The number of amides is 1. The molecule has 1 aromatic rings. The first-order valence-corrected chi connectivity index (χ1v) is 13.5. The Kier molecular flexibility index (Phi) is 6.66. The summed E-state index contributed by atoms with van der Waals surface area (Å²) in [7, 11) is -6.66. The molecular formula is C17H24N2O7S3. The lowest BCUT2D eigenvalue weighted by Gasteiger charge is -2.30. The Morgan fingerprint density at radius 1 is 1.28 bits per heavy atom. The molecule has 1 amide bonds. The molecule has 2 atom stereocenters. The number of rotatable bonds is 6. The van der Waals surface area contributed by atoms with Crippen molar-refractivity contribution in [1.29, 1.82) is 0 Å². The molecule has 162 valence electrons. The van der Waals surface area contributed by atoms with Crippen LogP contribution in [0.2, 0.25) is 0 Å². The Bertz CT molecular complexity index is 949. The van der Waals surface area contributed by atoms with Crippen LogP contribution in [0.15, 0.2) is 21.7 Å². The number of piperidine rings is 1. The zero-order valence-electron chi connectivity index (χ0n) is 15.9. The summed E-state index contributed by atoms with van der Waals surface area (Å²) >= 11 is 1.15. The fraction of sp³-hybridized carbons (Fsp3) is 0.647. The van der Waals surface area contributed by atoms with Gasteiger partial charge in [0.2, 0.25) is 0 Å². The molecule has 1 aromatic heterocycles. The first-order valence-electron chi connectivity index (χ1n) is 9.33. The highest BCUT2D eigenvalue weighted by Crippen LogP contribution is 2.27. The van der Waals surface area contributed by atoms with Gasteiger partial charge in [-0.3, -0.25) is 9.59 Å². The number of nitrogens with zero attached hydrogens (tertiary/aromatic N) is 1. The van der Waals surface area contributed by atoms with E-state index in [-0.39, 0.29) is 28.8 Å². The van der Waals surface area contributed by atoms with Crippen molar-refractivity contribution in [2.75, 3.05) is 24.6 Å².